The van der Waals surface area contributed by atoms with Gasteiger partial charge in [0.15, 0.2) is 11.5 Å². The van der Waals surface area contributed by atoms with Crippen molar-refractivity contribution in [2.24, 2.45) is 7.05 Å². The van der Waals surface area contributed by atoms with Crippen molar-refractivity contribution in [2.45, 2.75) is 18.9 Å². The molecule has 1 N–H and O–H groups in total. The summed E-state index contributed by atoms with van der Waals surface area (Å²) >= 11 is 0. The molecule has 2 aromatic rings. The number of carbonyl (C=O) groups excluding carboxylic acids is 1. The molecule has 8 nitrogen and oxygen atoms in total. The summed E-state index contributed by atoms with van der Waals surface area (Å²) in [5, 5.41) is 3.36. The monoisotopic (exact) mass is 424 g/mol. The molecule has 1 fully saturated rings. The van der Waals surface area contributed by atoms with Gasteiger partial charge in [-0.2, -0.15) is 0 Å². The van der Waals surface area contributed by atoms with Gasteiger partial charge in [-0.05, 0) is 24.1 Å². The molecule has 0 spiro atoms. The number of aryl methyl sites for hydroxylation is 2. The number of rotatable bonds is 7. The minimum absolute atomic E-state index is 0. The number of ether oxygens (including phenoxy) is 3. The fourth-order valence-electron chi connectivity index (χ4n) is 3.61. The molecule has 0 aliphatic carbocycles. The van der Waals surface area contributed by atoms with Gasteiger partial charge in [0.05, 0.1) is 21.3 Å². The summed E-state index contributed by atoms with van der Waals surface area (Å²) in [4.78, 5) is 19.4. The first-order valence-corrected chi connectivity index (χ1v) is 9.35. The third-order valence-electron chi connectivity index (χ3n) is 5.07. The predicted octanol–water partition coefficient (Wildman–Crippen LogP) is 1.97. The number of nitrogens with one attached hydrogen (secondary N) is 1. The Morgan fingerprint density at radius 3 is 2.45 bits per heavy atom. The number of nitrogens with zero attached hydrogens (tertiary/aromatic N) is 3. The van der Waals surface area contributed by atoms with Crippen molar-refractivity contribution in [2.75, 3.05) is 41.0 Å². The van der Waals surface area contributed by atoms with Gasteiger partial charge in [-0.1, -0.05) is 0 Å². The van der Waals surface area contributed by atoms with Crippen LogP contribution in [0, 0.1) is 0 Å². The maximum absolute atomic E-state index is 13.0. The Morgan fingerprint density at radius 2 is 1.90 bits per heavy atom. The summed E-state index contributed by atoms with van der Waals surface area (Å²) < 4.78 is 18.1. The number of hydrogen-bond donors (Lipinski definition) is 1. The fraction of sp³-hybridized carbons (Fsp3) is 0.500. The minimum Gasteiger partial charge on any atom is -0.493 e. The van der Waals surface area contributed by atoms with Crippen LogP contribution in [0.3, 0.4) is 0 Å². The molecule has 1 saturated heterocycles. The standard InChI is InChI=1S/C20H28N4O4.ClH/c1-23-9-8-22-20(23)15-13-21-7-10-24(15)18(25)6-5-14-11-16(26-2)19(28-4)17(12-14)27-3;/h8-9,11-12,15,21H,5-7,10,13H2,1-4H3;1H. The van der Waals surface area contributed by atoms with Crippen molar-refractivity contribution in [3.05, 3.63) is 35.9 Å². The molecule has 3 rings (SSSR count). The Kier molecular flexibility index (Phi) is 8.16. The van der Waals surface area contributed by atoms with E-state index in [1.165, 1.54) is 0 Å². The van der Waals surface area contributed by atoms with Gasteiger partial charge in [0, 0.05) is 45.5 Å². The van der Waals surface area contributed by atoms with Gasteiger partial charge in [-0.15, -0.1) is 12.4 Å². The second kappa shape index (κ2) is 10.4. The molecule has 2 heterocycles. The van der Waals surface area contributed by atoms with Crippen LogP contribution in [0.1, 0.15) is 23.9 Å². The lowest BCUT2D eigenvalue weighted by molar-refractivity contribution is -0.134. The van der Waals surface area contributed by atoms with E-state index in [-0.39, 0.29) is 24.4 Å². The van der Waals surface area contributed by atoms with Crippen LogP contribution in [0.5, 0.6) is 17.2 Å². The first-order chi connectivity index (χ1) is 13.6. The lowest BCUT2D eigenvalue weighted by atomic mass is 10.1. The average molecular weight is 425 g/mol. The Morgan fingerprint density at radius 1 is 1.21 bits per heavy atom. The van der Waals surface area contributed by atoms with Gasteiger partial charge >= 0.3 is 0 Å². The quantitative estimate of drug-likeness (QED) is 0.732. The van der Waals surface area contributed by atoms with E-state index in [2.05, 4.69) is 10.3 Å². The molecule has 1 unspecified atom stereocenters. The maximum atomic E-state index is 13.0. The van der Waals surface area contributed by atoms with E-state index in [0.29, 0.717) is 43.2 Å². The van der Waals surface area contributed by atoms with Crippen LogP contribution in [0.15, 0.2) is 24.5 Å². The normalized spacial score (nSPS) is 16.1. The van der Waals surface area contributed by atoms with Crippen LogP contribution >= 0.6 is 12.4 Å². The number of aromatic nitrogens is 2. The van der Waals surface area contributed by atoms with Crippen molar-refractivity contribution >= 4 is 18.3 Å². The number of imidazole rings is 1. The van der Waals surface area contributed by atoms with Crippen molar-refractivity contribution in [3.8, 4) is 17.2 Å². The molecular weight excluding hydrogens is 396 g/mol. The Hall–Kier alpha value is -2.45. The molecule has 1 aliphatic heterocycles. The van der Waals surface area contributed by atoms with E-state index >= 15 is 0 Å². The average Bonchev–Trinajstić information content (AvgIpc) is 3.16. The first-order valence-electron chi connectivity index (χ1n) is 9.35. The van der Waals surface area contributed by atoms with Crippen LogP contribution in [0.4, 0.5) is 0 Å². The van der Waals surface area contributed by atoms with Crippen molar-refractivity contribution < 1.29 is 19.0 Å². The van der Waals surface area contributed by atoms with E-state index < -0.39 is 0 Å². The molecule has 1 aromatic carbocycles. The molecule has 0 saturated carbocycles. The lowest BCUT2D eigenvalue weighted by Crippen LogP contribution is -2.49. The summed E-state index contributed by atoms with van der Waals surface area (Å²) in [6.45, 7) is 2.17. The van der Waals surface area contributed by atoms with E-state index in [9.17, 15) is 4.79 Å². The van der Waals surface area contributed by atoms with E-state index in [4.69, 9.17) is 14.2 Å². The largest absolute Gasteiger partial charge is 0.493 e. The highest BCUT2D eigenvalue weighted by molar-refractivity contribution is 5.85. The SMILES string of the molecule is COc1cc(CCC(=O)N2CCNCC2c2nccn2C)cc(OC)c1OC.Cl. The third kappa shape index (κ3) is 4.94. The predicted molar refractivity (Wildman–Crippen MR) is 112 cm³/mol. The van der Waals surface area contributed by atoms with Gasteiger partial charge in [-0.25, -0.2) is 4.98 Å². The van der Waals surface area contributed by atoms with Gasteiger partial charge in [0.2, 0.25) is 11.7 Å². The second-order valence-corrected chi connectivity index (χ2v) is 6.74. The van der Waals surface area contributed by atoms with Crippen molar-refractivity contribution in [3.63, 3.8) is 0 Å². The highest BCUT2D eigenvalue weighted by Crippen LogP contribution is 2.38. The lowest BCUT2D eigenvalue weighted by Gasteiger charge is -2.36. The van der Waals surface area contributed by atoms with Crippen LogP contribution in [-0.4, -0.2) is 61.3 Å². The summed E-state index contributed by atoms with van der Waals surface area (Å²) in [5.41, 5.74) is 0.964. The van der Waals surface area contributed by atoms with Crippen molar-refractivity contribution in [1.82, 2.24) is 19.8 Å². The molecular formula is C20H29ClN4O4. The number of hydrogen-bond acceptors (Lipinski definition) is 6. The molecule has 1 aliphatic rings. The topological polar surface area (TPSA) is 77.9 Å². The molecule has 1 aromatic heterocycles. The second-order valence-electron chi connectivity index (χ2n) is 6.74. The number of benzene rings is 1. The Labute approximate surface area is 177 Å². The third-order valence-corrected chi connectivity index (χ3v) is 5.07. The highest BCUT2D eigenvalue weighted by Gasteiger charge is 2.30. The van der Waals surface area contributed by atoms with E-state index in [0.717, 1.165) is 17.9 Å². The van der Waals surface area contributed by atoms with Gasteiger partial charge in [0.1, 0.15) is 11.9 Å². The summed E-state index contributed by atoms with van der Waals surface area (Å²) in [6, 6.07) is 3.73. The summed E-state index contributed by atoms with van der Waals surface area (Å²) in [7, 11) is 6.70. The van der Waals surface area contributed by atoms with Gasteiger partial charge in [0.25, 0.3) is 0 Å². The zero-order valence-electron chi connectivity index (χ0n) is 17.3. The molecule has 9 heteroatoms. The number of amides is 1. The molecule has 0 bridgehead atoms. The molecule has 160 valence electrons. The summed E-state index contributed by atoms with van der Waals surface area (Å²) in [5.74, 6) is 2.75. The van der Waals surface area contributed by atoms with Gasteiger partial charge < -0.3 is 29.0 Å². The van der Waals surface area contributed by atoms with Crippen LogP contribution in [0.25, 0.3) is 0 Å². The van der Waals surface area contributed by atoms with Crippen LogP contribution < -0.4 is 19.5 Å². The molecule has 1 atom stereocenters. The van der Waals surface area contributed by atoms with Crippen molar-refractivity contribution in [1.29, 1.82) is 0 Å². The number of piperazine rings is 1. The Bertz CT molecular complexity index is 802. The van der Waals surface area contributed by atoms with Gasteiger partial charge in [-0.3, -0.25) is 4.79 Å². The smallest absolute Gasteiger partial charge is 0.223 e. The van der Waals surface area contributed by atoms with Crippen LogP contribution in [0.2, 0.25) is 0 Å². The summed E-state index contributed by atoms with van der Waals surface area (Å²) in [6.07, 6.45) is 4.66. The first kappa shape index (κ1) is 22.8. The molecule has 0 radical (unpaired) electrons. The Balaban J connectivity index is 0.00000300. The number of carbonyl (C=O) groups is 1. The molecule has 29 heavy (non-hydrogen) atoms. The fourth-order valence-corrected chi connectivity index (χ4v) is 3.61. The van der Waals surface area contributed by atoms with Crippen LogP contribution in [-0.2, 0) is 18.3 Å². The van der Waals surface area contributed by atoms with E-state index in [1.54, 1.807) is 27.5 Å². The zero-order chi connectivity index (χ0) is 20.1. The minimum atomic E-state index is -0.0545. The maximum Gasteiger partial charge on any atom is 0.223 e. The number of methoxy groups -OCH3 is 3. The van der Waals surface area contributed by atoms with E-state index in [1.807, 2.05) is 34.8 Å². The number of halogens is 1. The molecule has 1 amide bonds. The highest BCUT2D eigenvalue weighted by atomic mass is 35.5. The zero-order valence-corrected chi connectivity index (χ0v) is 18.1.